The molecule has 1 amide bonds. The van der Waals surface area contributed by atoms with E-state index in [9.17, 15) is 31.2 Å². The maximum atomic E-state index is 12.4. The number of halogens is 3. The van der Waals surface area contributed by atoms with Crippen molar-refractivity contribution in [2.24, 2.45) is 5.41 Å². The van der Waals surface area contributed by atoms with Gasteiger partial charge in [0.15, 0.2) is 0 Å². The molecule has 1 spiro atoms. The van der Waals surface area contributed by atoms with E-state index in [1.807, 2.05) is 0 Å². The smallest absolute Gasteiger partial charge is 0.478 e. The number of carbonyl (C=O) groups is 2. The fraction of sp³-hybridized carbons (Fsp3) is 0.600. The molecule has 1 aliphatic carbocycles. The van der Waals surface area contributed by atoms with Crippen molar-refractivity contribution < 1.29 is 45.6 Å². The van der Waals surface area contributed by atoms with Crippen LogP contribution in [0.1, 0.15) is 12.8 Å². The lowest BCUT2D eigenvalue weighted by Crippen LogP contribution is -2.44. The summed E-state index contributed by atoms with van der Waals surface area (Å²) in [4.78, 5) is 22.8. The quantitative estimate of drug-likeness (QED) is 0.577. The second kappa shape index (κ2) is 4.76. The molecule has 0 aromatic heterocycles. The van der Waals surface area contributed by atoms with Crippen molar-refractivity contribution in [1.82, 2.24) is 4.90 Å². The van der Waals surface area contributed by atoms with Gasteiger partial charge in [-0.3, -0.25) is 0 Å². The first kappa shape index (κ1) is 16.4. The standard InChI is InChI=1S/C10H10F3NO7S/c11-10(12,13)22(19,20)21-6-5(7(15)16)3-14(8(17)18)4-9(6)1-2-9/h1-4H2,(H,15,16)(H,17,18). The molecule has 0 saturated heterocycles. The van der Waals surface area contributed by atoms with E-state index in [1.54, 1.807) is 0 Å². The Kier molecular flexibility index (Phi) is 3.55. The normalized spacial score (nSPS) is 21.0. The van der Waals surface area contributed by atoms with Crippen LogP contribution in [0.3, 0.4) is 0 Å². The summed E-state index contributed by atoms with van der Waals surface area (Å²) < 4.78 is 63.5. The van der Waals surface area contributed by atoms with E-state index in [0.717, 1.165) is 0 Å². The minimum atomic E-state index is -6.02. The molecular formula is C10H10F3NO7S. The summed E-state index contributed by atoms with van der Waals surface area (Å²) >= 11 is 0. The van der Waals surface area contributed by atoms with Gasteiger partial charge in [-0.2, -0.15) is 21.6 Å². The first-order valence-electron chi connectivity index (χ1n) is 5.85. The Hall–Kier alpha value is -1.98. The highest BCUT2D eigenvalue weighted by Crippen LogP contribution is 2.56. The predicted molar refractivity (Wildman–Crippen MR) is 62.0 cm³/mol. The van der Waals surface area contributed by atoms with Crippen LogP contribution in [0.5, 0.6) is 0 Å². The van der Waals surface area contributed by atoms with E-state index in [2.05, 4.69) is 4.18 Å². The summed E-state index contributed by atoms with van der Waals surface area (Å²) in [7, 11) is -6.02. The summed E-state index contributed by atoms with van der Waals surface area (Å²) in [6, 6.07) is 0. The van der Waals surface area contributed by atoms with E-state index in [0.29, 0.717) is 4.90 Å². The molecule has 0 aromatic carbocycles. The van der Waals surface area contributed by atoms with E-state index >= 15 is 0 Å². The molecule has 2 N–H and O–H groups in total. The van der Waals surface area contributed by atoms with E-state index in [1.165, 1.54) is 0 Å². The van der Waals surface area contributed by atoms with Gasteiger partial charge in [-0.15, -0.1) is 0 Å². The van der Waals surface area contributed by atoms with Gasteiger partial charge in [-0.05, 0) is 12.8 Å². The summed E-state index contributed by atoms with van der Waals surface area (Å²) in [6.07, 6.45) is -1.19. The number of carboxylic acids is 1. The minimum absolute atomic E-state index is 0.135. The fourth-order valence-corrected chi connectivity index (χ4v) is 2.80. The molecule has 124 valence electrons. The number of carboxylic acid groups (broad SMARTS) is 2. The van der Waals surface area contributed by atoms with Gasteiger partial charge in [0.05, 0.1) is 12.1 Å². The molecule has 0 aromatic rings. The first-order valence-corrected chi connectivity index (χ1v) is 7.26. The Labute approximate surface area is 121 Å². The van der Waals surface area contributed by atoms with Gasteiger partial charge >= 0.3 is 27.7 Å². The third kappa shape index (κ3) is 2.69. The summed E-state index contributed by atoms with van der Waals surface area (Å²) in [5, 5.41) is 18.0. The average Bonchev–Trinajstić information content (AvgIpc) is 3.10. The van der Waals surface area contributed by atoms with Crippen LogP contribution in [-0.4, -0.2) is 54.2 Å². The largest absolute Gasteiger partial charge is 0.534 e. The van der Waals surface area contributed by atoms with Crippen LogP contribution in [0.25, 0.3) is 0 Å². The zero-order valence-electron chi connectivity index (χ0n) is 10.8. The van der Waals surface area contributed by atoms with Crippen LogP contribution in [0, 0.1) is 5.41 Å². The molecule has 2 aliphatic rings. The number of rotatable bonds is 3. The van der Waals surface area contributed by atoms with Crippen molar-refractivity contribution in [1.29, 1.82) is 0 Å². The molecule has 12 heteroatoms. The Morgan fingerprint density at radius 1 is 1.23 bits per heavy atom. The zero-order chi connectivity index (χ0) is 16.9. The lowest BCUT2D eigenvalue weighted by molar-refractivity contribution is -0.133. The molecule has 1 heterocycles. The Morgan fingerprint density at radius 3 is 2.14 bits per heavy atom. The van der Waals surface area contributed by atoms with Gasteiger partial charge in [-0.25, -0.2) is 9.59 Å². The highest BCUT2D eigenvalue weighted by Gasteiger charge is 2.58. The van der Waals surface area contributed by atoms with Crippen LogP contribution in [0.15, 0.2) is 11.3 Å². The maximum Gasteiger partial charge on any atom is 0.534 e. The Bertz CT molecular complexity index is 662. The summed E-state index contributed by atoms with van der Waals surface area (Å²) in [5.74, 6) is -2.56. The lowest BCUT2D eigenvalue weighted by atomic mass is 9.94. The summed E-state index contributed by atoms with van der Waals surface area (Å²) in [6.45, 7) is -1.07. The highest BCUT2D eigenvalue weighted by atomic mass is 32.2. The van der Waals surface area contributed by atoms with Gasteiger partial charge in [0, 0.05) is 12.0 Å². The van der Waals surface area contributed by atoms with Crippen LogP contribution in [-0.2, 0) is 19.1 Å². The zero-order valence-corrected chi connectivity index (χ0v) is 11.6. The molecule has 0 bridgehead atoms. The third-order valence-electron chi connectivity index (χ3n) is 3.46. The number of alkyl halides is 3. The van der Waals surface area contributed by atoms with Gasteiger partial charge < -0.3 is 19.3 Å². The molecule has 1 fully saturated rings. The van der Waals surface area contributed by atoms with Crippen LogP contribution in [0.2, 0.25) is 0 Å². The van der Waals surface area contributed by atoms with Crippen LogP contribution < -0.4 is 0 Å². The highest BCUT2D eigenvalue weighted by molar-refractivity contribution is 7.87. The van der Waals surface area contributed by atoms with Crippen molar-refractivity contribution in [3.05, 3.63) is 11.3 Å². The second-order valence-corrected chi connectivity index (χ2v) is 6.55. The fourth-order valence-electron chi connectivity index (χ4n) is 2.21. The van der Waals surface area contributed by atoms with E-state index in [-0.39, 0.29) is 19.4 Å². The van der Waals surface area contributed by atoms with Crippen LogP contribution >= 0.6 is 0 Å². The lowest BCUT2D eigenvalue weighted by Gasteiger charge is -2.33. The monoisotopic (exact) mass is 345 g/mol. The SMILES string of the molecule is O=C(O)C1=C(OS(=O)(=O)C(F)(F)F)C2(CC2)CN(C(=O)O)C1. The number of hydrogen-bond donors (Lipinski definition) is 2. The number of hydrogen-bond acceptors (Lipinski definition) is 5. The van der Waals surface area contributed by atoms with Crippen molar-refractivity contribution >= 4 is 22.2 Å². The maximum absolute atomic E-state index is 12.4. The number of aliphatic carboxylic acids is 1. The number of nitrogens with zero attached hydrogens (tertiary/aromatic N) is 1. The molecular weight excluding hydrogens is 335 g/mol. The molecule has 2 rings (SSSR count). The van der Waals surface area contributed by atoms with Crippen molar-refractivity contribution in [2.45, 2.75) is 18.3 Å². The van der Waals surface area contributed by atoms with Gasteiger partial charge in [-0.1, -0.05) is 0 Å². The predicted octanol–water partition coefficient (Wildman–Crippen LogP) is 0.965. The molecule has 0 radical (unpaired) electrons. The van der Waals surface area contributed by atoms with Crippen molar-refractivity contribution in [2.75, 3.05) is 13.1 Å². The molecule has 8 nitrogen and oxygen atoms in total. The number of amides is 1. The Morgan fingerprint density at radius 2 is 1.77 bits per heavy atom. The van der Waals surface area contributed by atoms with Gasteiger partial charge in [0.2, 0.25) is 0 Å². The van der Waals surface area contributed by atoms with Gasteiger partial charge in [0.1, 0.15) is 5.76 Å². The molecule has 22 heavy (non-hydrogen) atoms. The van der Waals surface area contributed by atoms with Gasteiger partial charge in [0.25, 0.3) is 0 Å². The minimum Gasteiger partial charge on any atom is -0.478 e. The van der Waals surface area contributed by atoms with E-state index < -0.39 is 51.0 Å². The van der Waals surface area contributed by atoms with Crippen LogP contribution in [0.4, 0.5) is 18.0 Å². The van der Waals surface area contributed by atoms with Crippen molar-refractivity contribution in [3.8, 4) is 0 Å². The average molecular weight is 345 g/mol. The third-order valence-corrected chi connectivity index (χ3v) is 4.41. The second-order valence-electron chi connectivity index (χ2n) is 5.01. The molecule has 0 unspecified atom stereocenters. The topological polar surface area (TPSA) is 121 Å². The molecule has 0 atom stereocenters. The van der Waals surface area contributed by atoms with Crippen molar-refractivity contribution in [3.63, 3.8) is 0 Å². The Balaban J connectivity index is 2.48. The molecule has 1 saturated carbocycles. The molecule has 1 aliphatic heterocycles. The summed E-state index contributed by atoms with van der Waals surface area (Å²) in [5.41, 5.74) is -7.84. The first-order chi connectivity index (χ1) is 9.90. The van der Waals surface area contributed by atoms with E-state index in [4.69, 9.17) is 10.2 Å².